The number of hydrogen-bond acceptors (Lipinski definition) is 3. The van der Waals surface area contributed by atoms with Crippen LogP contribution in [0.4, 0.5) is 0 Å². The number of carbonyl (C=O) groups is 1. The van der Waals surface area contributed by atoms with Gasteiger partial charge in [0.05, 0.1) is 12.5 Å². The van der Waals surface area contributed by atoms with Crippen molar-refractivity contribution in [3.8, 4) is 0 Å². The molecule has 2 saturated heterocycles. The van der Waals surface area contributed by atoms with Crippen molar-refractivity contribution in [1.82, 2.24) is 0 Å². The molecule has 0 amide bonds. The molecule has 4 nitrogen and oxygen atoms in total. The van der Waals surface area contributed by atoms with Crippen LogP contribution in [0.1, 0.15) is 19.3 Å². The Kier molecular flexibility index (Phi) is 2.74. The zero-order chi connectivity index (χ0) is 10.0. The van der Waals surface area contributed by atoms with Crippen LogP contribution in [0.5, 0.6) is 0 Å². The van der Waals surface area contributed by atoms with Gasteiger partial charge >= 0.3 is 5.97 Å². The predicted octanol–water partition coefficient (Wildman–Crippen LogP) is 0.904. The molecular weight excluding hydrogens is 184 g/mol. The van der Waals surface area contributed by atoms with Gasteiger partial charge in [-0.05, 0) is 19.3 Å². The lowest BCUT2D eigenvalue weighted by Gasteiger charge is -2.44. The van der Waals surface area contributed by atoms with Crippen molar-refractivity contribution >= 4 is 5.97 Å². The smallest absolute Gasteiger partial charge is 0.307 e. The van der Waals surface area contributed by atoms with Crippen molar-refractivity contribution in [2.45, 2.75) is 19.3 Å². The molecule has 2 rings (SSSR count). The monoisotopic (exact) mass is 200 g/mol. The highest BCUT2D eigenvalue weighted by molar-refractivity contribution is 5.71. The minimum absolute atomic E-state index is 0.150. The average Bonchev–Trinajstić information content (AvgIpc) is 2.19. The number of carboxylic acid groups (broad SMARTS) is 1. The van der Waals surface area contributed by atoms with Gasteiger partial charge in [-0.3, -0.25) is 4.79 Å². The van der Waals surface area contributed by atoms with Gasteiger partial charge in [0.2, 0.25) is 0 Å². The highest BCUT2D eigenvalue weighted by atomic mass is 16.5. The topological polar surface area (TPSA) is 55.8 Å². The van der Waals surface area contributed by atoms with Crippen molar-refractivity contribution < 1.29 is 19.4 Å². The van der Waals surface area contributed by atoms with E-state index in [0.717, 1.165) is 12.8 Å². The van der Waals surface area contributed by atoms with Crippen LogP contribution in [0.2, 0.25) is 0 Å². The summed E-state index contributed by atoms with van der Waals surface area (Å²) in [5.41, 5.74) is -0.150. The second kappa shape index (κ2) is 3.87. The molecule has 1 spiro atoms. The molecule has 2 aliphatic heterocycles. The van der Waals surface area contributed by atoms with Gasteiger partial charge in [0.15, 0.2) is 0 Å². The van der Waals surface area contributed by atoms with Gasteiger partial charge in [-0.1, -0.05) is 0 Å². The number of ether oxygens (including phenoxy) is 2. The summed E-state index contributed by atoms with van der Waals surface area (Å²) in [5.74, 6) is -0.907. The zero-order valence-corrected chi connectivity index (χ0v) is 8.20. The first-order valence-corrected chi connectivity index (χ1v) is 5.13. The maximum Gasteiger partial charge on any atom is 0.307 e. The molecule has 14 heavy (non-hydrogen) atoms. The fourth-order valence-corrected chi connectivity index (χ4v) is 2.54. The molecule has 0 bridgehead atoms. The molecule has 1 unspecified atom stereocenters. The van der Waals surface area contributed by atoms with Crippen molar-refractivity contribution in [3.05, 3.63) is 0 Å². The van der Waals surface area contributed by atoms with E-state index in [2.05, 4.69) is 0 Å². The van der Waals surface area contributed by atoms with E-state index in [0.29, 0.717) is 32.8 Å². The van der Waals surface area contributed by atoms with Gasteiger partial charge in [0.1, 0.15) is 0 Å². The van der Waals surface area contributed by atoms with E-state index in [1.165, 1.54) is 0 Å². The van der Waals surface area contributed by atoms with Gasteiger partial charge in [-0.2, -0.15) is 0 Å². The van der Waals surface area contributed by atoms with Crippen molar-refractivity contribution in [3.63, 3.8) is 0 Å². The Morgan fingerprint density at radius 3 is 2.57 bits per heavy atom. The lowest BCUT2D eigenvalue weighted by atomic mass is 9.68. The normalized spacial score (nSPS) is 31.6. The van der Waals surface area contributed by atoms with E-state index in [4.69, 9.17) is 14.6 Å². The first kappa shape index (κ1) is 9.93. The Bertz CT molecular complexity index is 212. The van der Waals surface area contributed by atoms with E-state index in [1.54, 1.807) is 0 Å². The molecule has 0 aromatic rings. The third-order valence-electron chi connectivity index (χ3n) is 3.47. The molecular formula is C10H16O4. The first-order chi connectivity index (χ1) is 6.75. The summed E-state index contributed by atoms with van der Waals surface area (Å²) in [6, 6.07) is 0. The highest BCUT2D eigenvalue weighted by Gasteiger charge is 2.46. The Morgan fingerprint density at radius 2 is 1.93 bits per heavy atom. The number of carboxylic acids is 1. The molecule has 0 aromatic carbocycles. The van der Waals surface area contributed by atoms with Crippen LogP contribution in [0.25, 0.3) is 0 Å². The third-order valence-corrected chi connectivity index (χ3v) is 3.47. The van der Waals surface area contributed by atoms with E-state index in [-0.39, 0.29) is 11.3 Å². The zero-order valence-electron chi connectivity index (χ0n) is 8.20. The van der Waals surface area contributed by atoms with Crippen LogP contribution in [-0.4, -0.2) is 37.5 Å². The Balaban J connectivity index is 2.14. The molecule has 0 aliphatic carbocycles. The van der Waals surface area contributed by atoms with E-state index in [9.17, 15) is 4.79 Å². The number of hydrogen-bond donors (Lipinski definition) is 1. The average molecular weight is 200 g/mol. The van der Waals surface area contributed by atoms with Crippen molar-refractivity contribution in [2.24, 2.45) is 11.3 Å². The van der Waals surface area contributed by atoms with Gasteiger partial charge in [0.25, 0.3) is 0 Å². The molecule has 2 fully saturated rings. The summed E-state index contributed by atoms with van der Waals surface area (Å²) in [6.07, 6.45) is 2.29. The van der Waals surface area contributed by atoms with Crippen molar-refractivity contribution in [1.29, 1.82) is 0 Å². The summed E-state index contributed by atoms with van der Waals surface area (Å²) in [4.78, 5) is 11.1. The van der Waals surface area contributed by atoms with Gasteiger partial charge in [-0.25, -0.2) is 0 Å². The number of rotatable bonds is 1. The second-order valence-corrected chi connectivity index (χ2v) is 4.21. The molecule has 2 aliphatic rings. The maximum absolute atomic E-state index is 11.1. The lowest BCUT2D eigenvalue weighted by molar-refractivity contribution is -0.164. The van der Waals surface area contributed by atoms with Crippen LogP contribution in [0.3, 0.4) is 0 Å². The standard InChI is InChI=1S/C10H16O4/c11-9(12)8-1-4-14-7-10(8)2-5-13-6-3-10/h8H,1-7H2,(H,11,12). The van der Waals surface area contributed by atoms with Gasteiger partial charge in [-0.15, -0.1) is 0 Å². The molecule has 1 atom stereocenters. The first-order valence-electron chi connectivity index (χ1n) is 5.13. The summed E-state index contributed by atoms with van der Waals surface area (Å²) < 4.78 is 10.7. The SMILES string of the molecule is O=C(O)C1CCOCC12CCOCC2. The van der Waals surface area contributed by atoms with Crippen molar-refractivity contribution in [2.75, 3.05) is 26.4 Å². The van der Waals surface area contributed by atoms with Crippen LogP contribution >= 0.6 is 0 Å². The van der Waals surface area contributed by atoms with Gasteiger partial charge in [0, 0.05) is 25.2 Å². The van der Waals surface area contributed by atoms with Crippen LogP contribution < -0.4 is 0 Å². The summed E-state index contributed by atoms with van der Waals surface area (Å²) in [5, 5.41) is 9.16. The largest absolute Gasteiger partial charge is 0.481 e. The molecule has 4 heteroatoms. The van der Waals surface area contributed by atoms with Crippen LogP contribution in [-0.2, 0) is 14.3 Å². The van der Waals surface area contributed by atoms with Gasteiger partial charge < -0.3 is 14.6 Å². The molecule has 1 N–H and O–H groups in total. The summed E-state index contributed by atoms with van der Waals surface area (Å²) >= 11 is 0. The molecule has 80 valence electrons. The predicted molar refractivity (Wildman–Crippen MR) is 49.0 cm³/mol. The lowest BCUT2D eigenvalue weighted by Crippen LogP contribution is -2.47. The second-order valence-electron chi connectivity index (χ2n) is 4.21. The molecule has 0 saturated carbocycles. The highest BCUT2D eigenvalue weighted by Crippen LogP contribution is 2.42. The van der Waals surface area contributed by atoms with Crippen LogP contribution in [0.15, 0.2) is 0 Å². The van der Waals surface area contributed by atoms with Crippen LogP contribution in [0, 0.1) is 11.3 Å². The molecule has 0 radical (unpaired) electrons. The Hall–Kier alpha value is -0.610. The van der Waals surface area contributed by atoms with E-state index < -0.39 is 5.97 Å². The molecule has 0 aromatic heterocycles. The van der Waals surface area contributed by atoms with E-state index in [1.807, 2.05) is 0 Å². The Labute approximate surface area is 83.2 Å². The number of aliphatic carboxylic acids is 1. The fraction of sp³-hybridized carbons (Fsp3) is 0.900. The summed E-state index contributed by atoms with van der Waals surface area (Å²) in [7, 11) is 0. The Morgan fingerprint density at radius 1 is 1.21 bits per heavy atom. The quantitative estimate of drug-likeness (QED) is 0.683. The van der Waals surface area contributed by atoms with E-state index >= 15 is 0 Å². The molecule has 2 heterocycles. The fourth-order valence-electron chi connectivity index (χ4n) is 2.54. The summed E-state index contributed by atoms with van der Waals surface area (Å²) in [6.45, 7) is 2.52. The third kappa shape index (κ3) is 1.64. The minimum atomic E-state index is -0.671. The minimum Gasteiger partial charge on any atom is -0.481 e. The maximum atomic E-state index is 11.1.